The third kappa shape index (κ3) is 3.96. The molecule has 1 aliphatic carbocycles. The normalized spacial score (nSPS) is 12.4. The molecule has 0 bridgehead atoms. The van der Waals surface area contributed by atoms with Crippen molar-refractivity contribution >= 4 is 76.5 Å². The largest absolute Gasteiger partial charge is 0.456 e. The lowest BCUT2D eigenvalue weighted by atomic mass is 9.95. The van der Waals surface area contributed by atoms with Crippen LogP contribution in [-0.4, -0.2) is 4.57 Å². The van der Waals surface area contributed by atoms with Gasteiger partial charge in [-0.3, -0.25) is 0 Å². The van der Waals surface area contributed by atoms with Gasteiger partial charge in [-0.2, -0.15) is 0 Å². The second kappa shape index (κ2) is 10.9. The third-order valence-corrected chi connectivity index (χ3v) is 12.3. The van der Waals surface area contributed by atoms with E-state index in [1.165, 1.54) is 77.2 Å². The van der Waals surface area contributed by atoms with Crippen molar-refractivity contribution in [3.63, 3.8) is 0 Å². The van der Waals surface area contributed by atoms with Gasteiger partial charge in [-0.1, -0.05) is 115 Å². The van der Waals surface area contributed by atoms with Gasteiger partial charge in [-0.05, 0) is 111 Å². The van der Waals surface area contributed by atoms with Crippen molar-refractivity contribution in [2.45, 2.75) is 6.92 Å². The van der Waals surface area contributed by atoms with Crippen molar-refractivity contribution in [2.24, 2.45) is 0 Å². The van der Waals surface area contributed by atoms with E-state index in [2.05, 4.69) is 163 Å². The van der Waals surface area contributed by atoms with Crippen LogP contribution in [0.4, 0.5) is 0 Å². The van der Waals surface area contributed by atoms with Gasteiger partial charge in [0.15, 0.2) is 0 Å². The highest BCUT2D eigenvalue weighted by molar-refractivity contribution is 6.21. The van der Waals surface area contributed by atoms with Gasteiger partial charge in [0.25, 0.3) is 0 Å². The second-order valence-electron chi connectivity index (χ2n) is 15.3. The van der Waals surface area contributed by atoms with Crippen LogP contribution in [0.2, 0.25) is 0 Å². The Kier molecular flexibility index (Phi) is 5.83. The molecule has 0 unspecified atom stereocenters. The van der Waals surface area contributed by atoms with Crippen LogP contribution < -0.4 is 0 Å². The molecule has 3 nitrogen and oxygen atoms in total. The fraction of sp³-hybridized carbons (Fsp3) is 0.0189. The minimum Gasteiger partial charge on any atom is -0.456 e. The molecule has 1 aliphatic rings. The smallest absolute Gasteiger partial charge is 0.143 e. The van der Waals surface area contributed by atoms with Crippen LogP contribution in [-0.2, 0) is 0 Å². The number of fused-ring (bicyclic) bond motifs is 12. The van der Waals surface area contributed by atoms with Gasteiger partial charge in [0.1, 0.15) is 22.3 Å². The Morgan fingerprint density at radius 1 is 0.375 bits per heavy atom. The molecule has 13 rings (SSSR count). The topological polar surface area (TPSA) is 31.2 Å². The molecule has 0 spiro atoms. The summed E-state index contributed by atoms with van der Waals surface area (Å²) in [5.41, 5.74) is 18.4. The summed E-state index contributed by atoms with van der Waals surface area (Å²) in [5.74, 6) is 0. The number of nitrogens with zero attached hydrogens (tertiary/aromatic N) is 1. The zero-order valence-corrected chi connectivity index (χ0v) is 30.4. The lowest BCUT2D eigenvalue weighted by Crippen LogP contribution is -1.97. The van der Waals surface area contributed by atoms with E-state index in [0.717, 1.165) is 55.0 Å². The summed E-state index contributed by atoms with van der Waals surface area (Å²) < 4.78 is 15.1. The highest BCUT2D eigenvalue weighted by Crippen LogP contribution is 2.52. The first-order valence-corrected chi connectivity index (χ1v) is 19.2. The number of hydrogen-bond acceptors (Lipinski definition) is 2. The van der Waals surface area contributed by atoms with Gasteiger partial charge in [-0.15, -0.1) is 0 Å². The zero-order chi connectivity index (χ0) is 36.6. The number of furan rings is 2. The molecule has 0 saturated heterocycles. The molecule has 0 aliphatic heterocycles. The molecular weight excluding hydrogens is 683 g/mol. The van der Waals surface area contributed by atoms with Crippen LogP contribution in [0.5, 0.6) is 0 Å². The van der Waals surface area contributed by atoms with E-state index in [1.54, 1.807) is 0 Å². The SMILES string of the molecule is Cc1cc(-n2c3ccccc3c3cc(-c4ccc5oc6ccccc6c5c4)ccc32)c2cccc3c2c1-c1ccc(-c2cccc4c2oc2ccccc24)cc1-3. The minimum atomic E-state index is 0.914. The first-order chi connectivity index (χ1) is 27.7. The highest BCUT2D eigenvalue weighted by atomic mass is 16.3. The minimum absolute atomic E-state index is 0.914. The summed E-state index contributed by atoms with van der Waals surface area (Å²) in [6.45, 7) is 2.27. The second-order valence-corrected chi connectivity index (χ2v) is 15.3. The zero-order valence-electron chi connectivity index (χ0n) is 30.4. The monoisotopic (exact) mass is 713 g/mol. The number of aromatic nitrogens is 1. The van der Waals surface area contributed by atoms with Crippen LogP contribution >= 0.6 is 0 Å². The van der Waals surface area contributed by atoms with Crippen molar-refractivity contribution < 1.29 is 8.83 Å². The molecule has 0 N–H and O–H groups in total. The lowest BCUT2D eigenvalue weighted by molar-refractivity contribution is 0.669. The van der Waals surface area contributed by atoms with Crippen molar-refractivity contribution in [3.05, 3.63) is 175 Å². The Bertz CT molecular complexity index is 3670. The molecule has 0 atom stereocenters. The van der Waals surface area contributed by atoms with E-state index in [4.69, 9.17) is 8.83 Å². The van der Waals surface area contributed by atoms with Crippen LogP contribution in [0.25, 0.3) is 127 Å². The first-order valence-electron chi connectivity index (χ1n) is 19.2. The quantitative estimate of drug-likeness (QED) is 0.183. The van der Waals surface area contributed by atoms with Crippen LogP contribution in [0.15, 0.2) is 179 Å². The fourth-order valence-electron chi connectivity index (χ4n) is 9.79. The summed E-state index contributed by atoms with van der Waals surface area (Å²) in [6, 6.07) is 61.6. The van der Waals surface area contributed by atoms with E-state index in [1.807, 2.05) is 18.2 Å². The predicted molar refractivity (Wildman–Crippen MR) is 233 cm³/mol. The van der Waals surface area contributed by atoms with Gasteiger partial charge in [0, 0.05) is 43.3 Å². The maximum absolute atomic E-state index is 6.48. The van der Waals surface area contributed by atoms with Gasteiger partial charge in [-0.25, -0.2) is 0 Å². The van der Waals surface area contributed by atoms with Crippen molar-refractivity contribution in [3.8, 4) is 50.2 Å². The molecule has 3 heteroatoms. The molecule has 3 heterocycles. The summed E-state index contributed by atoms with van der Waals surface area (Å²) in [7, 11) is 0. The summed E-state index contributed by atoms with van der Waals surface area (Å²) in [6.07, 6.45) is 0. The Balaban J connectivity index is 0.995. The van der Waals surface area contributed by atoms with Crippen LogP contribution in [0, 0.1) is 6.92 Å². The maximum Gasteiger partial charge on any atom is 0.143 e. The molecule has 0 fully saturated rings. The molecule has 0 saturated carbocycles. The van der Waals surface area contributed by atoms with Gasteiger partial charge in [0.05, 0.1) is 16.7 Å². The maximum atomic E-state index is 6.48. The average molecular weight is 714 g/mol. The third-order valence-electron chi connectivity index (χ3n) is 12.3. The van der Waals surface area contributed by atoms with Crippen LogP contribution in [0.3, 0.4) is 0 Å². The molecule has 56 heavy (non-hydrogen) atoms. The Morgan fingerprint density at radius 2 is 1.00 bits per heavy atom. The first kappa shape index (κ1) is 30.0. The highest BCUT2D eigenvalue weighted by Gasteiger charge is 2.27. The Morgan fingerprint density at radius 3 is 1.86 bits per heavy atom. The number of benzene rings is 9. The number of rotatable bonds is 3. The van der Waals surface area contributed by atoms with Crippen molar-refractivity contribution in [2.75, 3.05) is 0 Å². The van der Waals surface area contributed by atoms with E-state index in [0.29, 0.717) is 0 Å². The van der Waals surface area contributed by atoms with Crippen LogP contribution in [0.1, 0.15) is 5.56 Å². The summed E-state index contributed by atoms with van der Waals surface area (Å²) >= 11 is 0. The predicted octanol–water partition coefficient (Wildman–Crippen LogP) is 15.0. The van der Waals surface area contributed by atoms with Crippen molar-refractivity contribution in [1.82, 2.24) is 4.57 Å². The Hall–Kier alpha value is -7.36. The summed E-state index contributed by atoms with van der Waals surface area (Å²) in [5, 5.41) is 9.64. The molecule has 9 aromatic carbocycles. The lowest BCUT2D eigenvalue weighted by Gasteiger charge is -2.15. The van der Waals surface area contributed by atoms with E-state index < -0.39 is 0 Å². The summed E-state index contributed by atoms with van der Waals surface area (Å²) in [4.78, 5) is 0. The number of para-hydroxylation sites is 4. The van der Waals surface area contributed by atoms with Gasteiger partial charge in [0.2, 0.25) is 0 Å². The average Bonchev–Trinajstić information content (AvgIpc) is 4.00. The molecular formula is C53H31NO2. The molecule has 3 aromatic heterocycles. The molecule has 0 radical (unpaired) electrons. The standard InChI is InChI=1S/C53H31NO2/c1-30-26-47(54-45-17-5-2-10-35(45)43-27-31(21-24-46(43)54)32-22-25-50-44(28-32)37-12-4-6-18-48(37)55-50)41-16-9-14-38-42-29-33(20-23-39(42)51(30)52(38)41)34-13-8-15-40-36-11-3-7-19-49(36)56-53(34)40/h2-29H,1H3. The molecule has 0 amide bonds. The van der Waals surface area contributed by atoms with Gasteiger partial charge >= 0.3 is 0 Å². The number of hydrogen-bond donors (Lipinski definition) is 0. The number of aryl methyl sites for hydroxylation is 1. The van der Waals surface area contributed by atoms with E-state index in [-0.39, 0.29) is 0 Å². The molecule has 12 aromatic rings. The molecule has 260 valence electrons. The van der Waals surface area contributed by atoms with Crippen molar-refractivity contribution in [1.29, 1.82) is 0 Å². The van der Waals surface area contributed by atoms with E-state index >= 15 is 0 Å². The van der Waals surface area contributed by atoms with Gasteiger partial charge < -0.3 is 13.4 Å². The van der Waals surface area contributed by atoms with E-state index in [9.17, 15) is 0 Å². The fourth-order valence-corrected chi connectivity index (χ4v) is 9.79. The Labute approximate surface area is 321 Å².